The Kier molecular flexibility index (Phi) is 6.81. The highest BCUT2D eigenvalue weighted by Gasteiger charge is 2.20. The number of aliphatic hydroxyl groups is 1. The molecule has 0 bridgehead atoms. The van der Waals surface area contributed by atoms with Crippen LogP contribution in [0.4, 0.5) is 8.78 Å². The molecule has 0 saturated carbocycles. The number of halogens is 3. The Morgan fingerprint density at radius 1 is 1.29 bits per heavy atom. The summed E-state index contributed by atoms with van der Waals surface area (Å²) in [5, 5.41) is 9.41. The van der Waals surface area contributed by atoms with Crippen LogP contribution in [-0.2, 0) is 13.0 Å². The van der Waals surface area contributed by atoms with Crippen molar-refractivity contribution in [3.8, 4) is 11.6 Å². The van der Waals surface area contributed by atoms with Crippen LogP contribution in [0.2, 0.25) is 0 Å². The fourth-order valence-electron chi connectivity index (χ4n) is 3.14. The topological polar surface area (TPSA) is 107 Å². The van der Waals surface area contributed by atoms with E-state index in [1.165, 1.54) is 16.7 Å². The van der Waals surface area contributed by atoms with E-state index in [4.69, 9.17) is 10.5 Å². The lowest BCUT2D eigenvalue weighted by Crippen LogP contribution is -2.26. The van der Waals surface area contributed by atoms with E-state index in [1.807, 2.05) is 0 Å². The lowest BCUT2D eigenvalue weighted by Gasteiger charge is -2.17. The number of nitrogens with zero attached hydrogens (tertiary/aromatic N) is 2. The Morgan fingerprint density at radius 2 is 2.03 bits per heavy atom. The van der Waals surface area contributed by atoms with Gasteiger partial charge >= 0.3 is 0 Å². The van der Waals surface area contributed by atoms with Crippen LogP contribution >= 0.6 is 15.9 Å². The average molecular weight is 494 g/mol. The number of nitrogens with two attached hydrogens (primary N) is 1. The summed E-state index contributed by atoms with van der Waals surface area (Å²) in [4.78, 5) is 29.1. The number of aryl methyl sites for hydroxylation is 1. The zero-order chi connectivity index (χ0) is 22.7. The molecule has 0 aliphatic rings. The number of rotatable bonds is 7. The molecule has 0 fully saturated rings. The van der Waals surface area contributed by atoms with Gasteiger partial charge in [-0.1, -0.05) is 6.07 Å². The largest absolute Gasteiger partial charge is 0.472 e. The Balaban J connectivity index is 2.04. The molecule has 1 aromatic heterocycles. The van der Waals surface area contributed by atoms with Crippen LogP contribution in [0.25, 0.3) is 5.69 Å². The van der Waals surface area contributed by atoms with Crippen molar-refractivity contribution in [3.63, 3.8) is 0 Å². The van der Waals surface area contributed by atoms with Crippen molar-refractivity contribution >= 4 is 21.8 Å². The zero-order valence-corrected chi connectivity index (χ0v) is 17.9. The maximum atomic E-state index is 13.8. The van der Waals surface area contributed by atoms with Crippen LogP contribution in [0.1, 0.15) is 27.3 Å². The highest BCUT2D eigenvalue weighted by molar-refractivity contribution is 9.10. The van der Waals surface area contributed by atoms with E-state index in [-0.39, 0.29) is 46.9 Å². The van der Waals surface area contributed by atoms with E-state index in [9.17, 15) is 23.5 Å². The summed E-state index contributed by atoms with van der Waals surface area (Å²) in [6.45, 7) is 1.02. The number of benzene rings is 2. The molecule has 0 radical (unpaired) electrons. The first-order chi connectivity index (χ1) is 14.7. The van der Waals surface area contributed by atoms with Crippen LogP contribution in [0.5, 0.6) is 5.88 Å². The van der Waals surface area contributed by atoms with Gasteiger partial charge in [0.25, 0.3) is 5.56 Å². The minimum Gasteiger partial charge on any atom is -0.472 e. The number of carbonyl (C=O) groups excluding carboxylic acids is 1. The molecule has 7 nitrogen and oxygen atoms in total. The van der Waals surface area contributed by atoms with Crippen LogP contribution in [-0.4, -0.2) is 27.2 Å². The first-order valence-corrected chi connectivity index (χ1v) is 9.92. The third-order valence-corrected chi connectivity index (χ3v) is 5.24. The van der Waals surface area contributed by atoms with Crippen molar-refractivity contribution < 1.29 is 23.4 Å². The third kappa shape index (κ3) is 4.64. The predicted molar refractivity (Wildman–Crippen MR) is 112 cm³/mol. The number of aromatic nitrogens is 2. The van der Waals surface area contributed by atoms with Crippen LogP contribution in [0.3, 0.4) is 0 Å². The number of ether oxygens (including phenoxy) is 1. The summed E-state index contributed by atoms with van der Waals surface area (Å²) in [7, 11) is 0. The standard InChI is InChI=1S/C21H18BrF2N3O4/c1-11-26-20(31-10-12-5-6-13(23)9-16(12)24)18(22)21(30)27(11)17-4-2-3-15(19(25)29)14(17)7-8-28/h2-6,9,28H,7-8,10H2,1H3,(H2,25,29). The van der Waals surface area contributed by atoms with Gasteiger partial charge in [-0.25, -0.2) is 8.78 Å². The van der Waals surface area contributed by atoms with Gasteiger partial charge in [-0.05, 0) is 59.1 Å². The molecule has 0 unspecified atom stereocenters. The molecular weight excluding hydrogens is 476 g/mol. The minimum atomic E-state index is -0.780. The van der Waals surface area contributed by atoms with E-state index in [1.54, 1.807) is 19.1 Å². The number of hydrogen-bond donors (Lipinski definition) is 2. The van der Waals surface area contributed by atoms with Crippen molar-refractivity contribution in [2.75, 3.05) is 6.61 Å². The molecule has 3 N–H and O–H groups in total. The van der Waals surface area contributed by atoms with Crippen LogP contribution in [0, 0.1) is 18.6 Å². The molecule has 31 heavy (non-hydrogen) atoms. The maximum Gasteiger partial charge on any atom is 0.276 e. The SMILES string of the molecule is Cc1nc(OCc2ccc(F)cc2F)c(Br)c(=O)n1-c1cccc(C(N)=O)c1CCO. The lowest BCUT2D eigenvalue weighted by atomic mass is 10.0. The number of hydrogen-bond acceptors (Lipinski definition) is 5. The van der Waals surface area contributed by atoms with Gasteiger partial charge in [-0.3, -0.25) is 14.2 Å². The Hall–Kier alpha value is -3.11. The first-order valence-electron chi connectivity index (χ1n) is 9.13. The van der Waals surface area contributed by atoms with Crippen molar-refractivity contribution in [1.82, 2.24) is 9.55 Å². The summed E-state index contributed by atoms with van der Waals surface area (Å²) in [6.07, 6.45) is 0.0973. The highest BCUT2D eigenvalue weighted by atomic mass is 79.9. The normalized spacial score (nSPS) is 10.9. The molecule has 0 atom stereocenters. The summed E-state index contributed by atoms with van der Waals surface area (Å²) in [5.74, 6) is -2.03. The fraction of sp³-hybridized carbons (Fsp3) is 0.190. The smallest absolute Gasteiger partial charge is 0.276 e. The molecule has 1 amide bonds. The Bertz CT molecular complexity index is 1210. The second-order valence-corrected chi connectivity index (χ2v) is 7.38. The number of amides is 1. The summed E-state index contributed by atoms with van der Waals surface area (Å²) in [6, 6.07) is 7.75. The Labute approximate surface area is 184 Å². The van der Waals surface area contributed by atoms with Gasteiger partial charge in [0.15, 0.2) is 0 Å². The lowest BCUT2D eigenvalue weighted by molar-refractivity contribution is 0.0999. The maximum absolute atomic E-state index is 13.8. The second-order valence-electron chi connectivity index (χ2n) is 6.58. The zero-order valence-electron chi connectivity index (χ0n) is 16.4. The third-order valence-electron chi connectivity index (χ3n) is 4.56. The molecule has 0 saturated heterocycles. The van der Waals surface area contributed by atoms with Crippen LogP contribution in [0.15, 0.2) is 45.7 Å². The molecule has 1 heterocycles. The molecule has 3 rings (SSSR count). The first kappa shape index (κ1) is 22.6. The van der Waals surface area contributed by atoms with Gasteiger partial charge in [0.05, 0.1) is 5.69 Å². The molecule has 3 aromatic rings. The van der Waals surface area contributed by atoms with E-state index < -0.39 is 23.1 Å². The average Bonchev–Trinajstić information content (AvgIpc) is 2.71. The van der Waals surface area contributed by atoms with E-state index >= 15 is 0 Å². The van der Waals surface area contributed by atoms with Crippen molar-refractivity contribution in [2.45, 2.75) is 20.0 Å². The van der Waals surface area contributed by atoms with E-state index in [2.05, 4.69) is 20.9 Å². The van der Waals surface area contributed by atoms with Crippen LogP contribution < -0.4 is 16.0 Å². The molecule has 0 aliphatic heterocycles. The summed E-state index contributed by atoms with van der Waals surface area (Å²) >= 11 is 3.16. The molecule has 162 valence electrons. The second kappa shape index (κ2) is 9.36. The van der Waals surface area contributed by atoms with Gasteiger partial charge in [0.2, 0.25) is 11.8 Å². The molecular formula is C21H18BrF2N3O4. The number of aliphatic hydroxyl groups excluding tert-OH is 1. The fourth-order valence-corrected chi connectivity index (χ4v) is 3.52. The minimum absolute atomic E-state index is 0.0277. The van der Waals surface area contributed by atoms with Gasteiger partial charge in [-0.2, -0.15) is 4.98 Å². The Morgan fingerprint density at radius 3 is 2.68 bits per heavy atom. The van der Waals surface area contributed by atoms with Gasteiger partial charge in [0, 0.05) is 23.8 Å². The van der Waals surface area contributed by atoms with Gasteiger partial charge < -0.3 is 15.6 Å². The van der Waals surface area contributed by atoms with Crippen molar-refractivity contribution in [3.05, 3.63) is 85.4 Å². The van der Waals surface area contributed by atoms with E-state index in [0.717, 1.165) is 12.1 Å². The molecule has 10 heteroatoms. The van der Waals surface area contributed by atoms with Gasteiger partial charge in [-0.15, -0.1) is 0 Å². The van der Waals surface area contributed by atoms with Crippen molar-refractivity contribution in [1.29, 1.82) is 0 Å². The highest BCUT2D eigenvalue weighted by Crippen LogP contribution is 2.25. The summed E-state index contributed by atoms with van der Waals surface area (Å²) in [5.41, 5.74) is 5.91. The summed E-state index contributed by atoms with van der Waals surface area (Å²) < 4.78 is 33.6. The van der Waals surface area contributed by atoms with Crippen molar-refractivity contribution in [2.24, 2.45) is 5.73 Å². The monoisotopic (exact) mass is 493 g/mol. The molecule has 2 aromatic carbocycles. The molecule has 0 aliphatic carbocycles. The predicted octanol–water partition coefficient (Wildman–Crippen LogP) is 2.79. The van der Waals surface area contributed by atoms with E-state index in [0.29, 0.717) is 11.3 Å². The quantitative estimate of drug-likeness (QED) is 0.526. The number of carbonyl (C=O) groups is 1. The van der Waals surface area contributed by atoms with Gasteiger partial charge in [0.1, 0.15) is 28.5 Å². The molecule has 0 spiro atoms. The number of primary amides is 1.